The van der Waals surface area contributed by atoms with Crippen molar-refractivity contribution in [3.05, 3.63) is 66.2 Å². The first kappa shape index (κ1) is 21.0. The summed E-state index contributed by atoms with van der Waals surface area (Å²) in [5, 5.41) is 0. The van der Waals surface area contributed by atoms with Crippen LogP contribution in [0.1, 0.15) is 18.4 Å². The second kappa shape index (κ2) is 9.67. The Balaban J connectivity index is 1.42. The zero-order valence-electron chi connectivity index (χ0n) is 16.1. The summed E-state index contributed by atoms with van der Waals surface area (Å²) in [5.41, 5.74) is 0.892. The van der Waals surface area contributed by atoms with Crippen molar-refractivity contribution in [1.29, 1.82) is 0 Å². The Kier molecular flexibility index (Phi) is 7.00. The number of hydrogen-bond donors (Lipinski definition) is 0. The lowest BCUT2D eigenvalue weighted by Gasteiger charge is -2.34. The number of benzene rings is 2. The first-order valence-electron chi connectivity index (χ1n) is 9.49. The number of sulfonamides is 1. The van der Waals surface area contributed by atoms with Crippen molar-refractivity contribution >= 4 is 21.9 Å². The van der Waals surface area contributed by atoms with Crippen LogP contribution in [0.25, 0.3) is 0 Å². The maximum atomic E-state index is 12.6. The van der Waals surface area contributed by atoms with E-state index in [4.69, 9.17) is 4.74 Å². The van der Waals surface area contributed by atoms with E-state index in [1.54, 1.807) is 35.2 Å². The van der Waals surface area contributed by atoms with Gasteiger partial charge in [-0.05, 0) is 17.7 Å². The summed E-state index contributed by atoms with van der Waals surface area (Å²) in [7, 11) is -3.55. The van der Waals surface area contributed by atoms with Gasteiger partial charge in [0.2, 0.25) is 15.9 Å². The molecule has 1 amide bonds. The van der Waals surface area contributed by atoms with Crippen molar-refractivity contribution in [2.45, 2.75) is 24.3 Å². The lowest BCUT2D eigenvalue weighted by Crippen LogP contribution is -2.50. The van der Waals surface area contributed by atoms with Gasteiger partial charge >= 0.3 is 5.97 Å². The van der Waals surface area contributed by atoms with Gasteiger partial charge < -0.3 is 9.64 Å². The quantitative estimate of drug-likeness (QED) is 0.645. The smallest absolute Gasteiger partial charge is 0.306 e. The largest absolute Gasteiger partial charge is 0.461 e. The normalized spacial score (nSPS) is 15.1. The summed E-state index contributed by atoms with van der Waals surface area (Å²) < 4.78 is 31.8. The highest BCUT2D eigenvalue weighted by molar-refractivity contribution is 7.89. The molecule has 2 aromatic carbocycles. The minimum Gasteiger partial charge on any atom is -0.461 e. The number of hydrogen-bond acceptors (Lipinski definition) is 5. The summed E-state index contributed by atoms with van der Waals surface area (Å²) in [6, 6.07) is 17.6. The number of carbonyl (C=O) groups is 2. The molecule has 0 aliphatic carbocycles. The van der Waals surface area contributed by atoms with Crippen LogP contribution in [-0.2, 0) is 31.0 Å². The predicted molar refractivity (Wildman–Crippen MR) is 107 cm³/mol. The Morgan fingerprint density at radius 2 is 1.41 bits per heavy atom. The molecule has 0 atom stereocenters. The minimum atomic E-state index is -3.55. The van der Waals surface area contributed by atoms with Crippen LogP contribution >= 0.6 is 0 Å². The van der Waals surface area contributed by atoms with E-state index in [-0.39, 0.29) is 43.3 Å². The highest BCUT2D eigenvalue weighted by Crippen LogP contribution is 2.17. The van der Waals surface area contributed by atoms with Gasteiger partial charge in [0.05, 0.1) is 11.3 Å². The number of amides is 1. The Morgan fingerprint density at radius 1 is 0.828 bits per heavy atom. The van der Waals surface area contributed by atoms with Gasteiger partial charge in [0.25, 0.3) is 0 Å². The monoisotopic (exact) mass is 416 g/mol. The number of rotatable bonds is 7. The molecule has 1 aliphatic heterocycles. The summed E-state index contributed by atoms with van der Waals surface area (Å²) in [5.74, 6) is -0.592. The second-order valence-corrected chi connectivity index (χ2v) is 8.68. The zero-order chi connectivity index (χ0) is 20.7. The number of esters is 1. The number of piperazine rings is 1. The Labute approximate surface area is 170 Å². The van der Waals surface area contributed by atoms with E-state index >= 15 is 0 Å². The van der Waals surface area contributed by atoms with Gasteiger partial charge in [0.1, 0.15) is 6.61 Å². The Bertz CT molecular complexity index is 924. The van der Waals surface area contributed by atoms with Crippen LogP contribution in [0.4, 0.5) is 0 Å². The average Bonchev–Trinajstić information content (AvgIpc) is 2.77. The summed E-state index contributed by atoms with van der Waals surface area (Å²) in [4.78, 5) is 26.1. The topological polar surface area (TPSA) is 84.0 Å². The molecule has 154 valence electrons. The Hall–Kier alpha value is -2.71. The van der Waals surface area contributed by atoms with Gasteiger partial charge in [-0.1, -0.05) is 48.5 Å². The third-order valence-electron chi connectivity index (χ3n) is 4.76. The second-order valence-electron chi connectivity index (χ2n) is 6.74. The molecule has 1 heterocycles. The van der Waals surface area contributed by atoms with Crippen molar-refractivity contribution in [2.24, 2.45) is 0 Å². The molecule has 0 N–H and O–H groups in total. The molecule has 3 rings (SSSR count). The molecule has 29 heavy (non-hydrogen) atoms. The molecule has 0 aromatic heterocycles. The molecular formula is C21H24N2O5S. The van der Waals surface area contributed by atoms with Crippen LogP contribution in [0.5, 0.6) is 0 Å². The number of ether oxygens (including phenoxy) is 1. The number of nitrogens with zero attached hydrogens (tertiary/aromatic N) is 2. The lowest BCUT2D eigenvalue weighted by atomic mass is 10.2. The highest BCUT2D eigenvalue weighted by atomic mass is 32.2. The predicted octanol–water partition coefficient (Wildman–Crippen LogP) is 2.04. The third kappa shape index (κ3) is 5.65. The van der Waals surface area contributed by atoms with E-state index in [1.807, 2.05) is 30.3 Å². The van der Waals surface area contributed by atoms with Gasteiger partial charge in [-0.25, -0.2) is 8.42 Å². The van der Waals surface area contributed by atoms with Gasteiger partial charge in [0, 0.05) is 32.6 Å². The van der Waals surface area contributed by atoms with Crippen LogP contribution in [0.15, 0.2) is 65.6 Å². The molecule has 1 saturated heterocycles. The van der Waals surface area contributed by atoms with Crippen molar-refractivity contribution < 1.29 is 22.7 Å². The molecule has 0 saturated carbocycles. The fourth-order valence-electron chi connectivity index (χ4n) is 3.10. The van der Waals surface area contributed by atoms with Crippen LogP contribution in [0.2, 0.25) is 0 Å². The van der Waals surface area contributed by atoms with Crippen LogP contribution in [0, 0.1) is 0 Å². The number of carbonyl (C=O) groups excluding carboxylic acids is 2. The molecule has 8 heteroatoms. The van der Waals surface area contributed by atoms with E-state index in [0.29, 0.717) is 13.1 Å². The molecular weight excluding hydrogens is 392 g/mol. The fourth-order valence-corrected chi connectivity index (χ4v) is 4.54. The van der Waals surface area contributed by atoms with E-state index < -0.39 is 16.0 Å². The van der Waals surface area contributed by atoms with Crippen molar-refractivity contribution in [2.75, 3.05) is 26.2 Å². The molecule has 0 radical (unpaired) electrons. The Morgan fingerprint density at radius 3 is 2.03 bits per heavy atom. The van der Waals surface area contributed by atoms with E-state index in [0.717, 1.165) is 5.56 Å². The molecule has 1 fully saturated rings. The maximum Gasteiger partial charge on any atom is 0.306 e. The van der Waals surface area contributed by atoms with E-state index in [9.17, 15) is 18.0 Å². The summed E-state index contributed by atoms with van der Waals surface area (Å²) >= 11 is 0. The molecule has 1 aliphatic rings. The van der Waals surface area contributed by atoms with Crippen LogP contribution < -0.4 is 0 Å². The van der Waals surface area contributed by atoms with Gasteiger partial charge in [-0.2, -0.15) is 4.31 Å². The average molecular weight is 416 g/mol. The van der Waals surface area contributed by atoms with E-state index in [1.165, 1.54) is 4.31 Å². The van der Waals surface area contributed by atoms with Gasteiger partial charge in [-0.15, -0.1) is 0 Å². The van der Waals surface area contributed by atoms with Crippen molar-refractivity contribution in [3.63, 3.8) is 0 Å². The summed E-state index contributed by atoms with van der Waals surface area (Å²) in [6.45, 7) is 1.28. The summed E-state index contributed by atoms with van der Waals surface area (Å²) in [6.07, 6.45) is 0.0628. The van der Waals surface area contributed by atoms with Crippen molar-refractivity contribution in [1.82, 2.24) is 9.21 Å². The molecule has 0 bridgehead atoms. The highest BCUT2D eigenvalue weighted by Gasteiger charge is 2.30. The van der Waals surface area contributed by atoms with Crippen LogP contribution in [-0.4, -0.2) is 55.7 Å². The molecule has 0 unspecified atom stereocenters. The lowest BCUT2D eigenvalue weighted by molar-refractivity contribution is -0.147. The van der Waals surface area contributed by atoms with E-state index in [2.05, 4.69) is 0 Å². The molecule has 2 aromatic rings. The minimum absolute atomic E-state index is 0.00813. The standard InChI is InChI=1S/C21H24N2O5S/c24-20(11-12-21(25)28-17-18-7-3-1-4-8-18)22-13-15-23(16-14-22)29(26,27)19-9-5-2-6-10-19/h1-10H,11-17H2. The third-order valence-corrected chi connectivity index (χ3v) is 6.67. The fraction of sp³-hybridized carbons (Fsp3) is 0.333. The zero-order valence-corrected chi connectivity index (χ0v) is 16.9. The SMILES string of the molecule is O=C(CCC(=O)N1CCN(S(=O)(=O)c2ccccc2)CC1)OCc1ccccc1. The van der Waals surface area contributed by atoms with Crippen molar-refractivity contribution in [3.8, 4) is 0 Å². The maximum absolute atomic E-state index is 12.6. The van der Waals surface area contributed by atoms with Gasteiger partial charge in [-0.3, -0.25) is 9.59 Å². The molecule has 0 spiro atoms. The van der Waals surface area contributed by atoms with Crippen LogP contribution in [0.3, 0.4) is 0 Å². The molecule has 7 nitrogen and oxygen atoms in total. The van der Waals surface area contributed by atoms with Gasteiger partial charge in [0.15, 0.2) is 0 Å². The first-order chi connectivity index (χ1) is 14.0. The first-order valence-corrected chi connectivity index (χ1v) is 10.9.